The summed E-state index contributed by atoms with van der Waals surface area (Å²) in [4.78, 5) is 0. The molecular weight excluding hydrogens is 166 g/mol. The Morgan fingerprint density at radius 1 is 1.62 bits per heavy atom. The van der Waals surface area contributed by atoms with Gasteiger partial charge in [-0.15, -0.1) is 0 Å². The Morgan fingerprint density at radius 3 is 2.92 bits per heavy atom. The number of aromatic nitrogens is 2. The molecule has 1 rings (SSSR count). The molecule has 4 nitrogen and oxygen atoms in total. The van der Waals surface area contributed by atoms with Gasteiger partial charge in [-0.2, -0.15) is 10.4 Å². The minimum atomic E-state index is 0.0765. The van der Waals surface area contributed by atoms with E-state index in [4.69, 9.17) is 5.26 Å². The first-order valence-corrected chi connectivity index (χ1v) is 4.45. The Hall–Kier alpha value is -1.50. The fourth-order valence-corrected chi connectivity index (χ4v) is 1.14. The summed E-state index contributed by atoms with van der Waals surface area (Å²) >= 11 is 0. The topological polar surface area (TPSA) is 61.8 Å². The van der Waals surface area contributed by atoms with Crippen LogP contribution in [-0.4, -0.2) is 14.9 Å². The molecule has 0 amide bonds. The molecule has 70 valence electrons. The van der Waals surface area contributed by atoms with E-state index in [-0.39, 0.29) is 11.6 Å². The second-order valence-electron chi connectivity index (χ2n) is 2.93. The van der Waals surface area contributed by atoms with E-state index in [1.165, 1.54) is 10.7 Å². The molecule has 0 aromatic carbocycles. The van der Waals surface area contributed by atoms with Gasteiger partial charge in [0.2, 0.25) is 5.88 Å². The normalized spacial score (nSPS) is 9.85. The number of hydrogen-bond donors (Lipinski definition) is 1. The molecule has 0 bridgehead atoms. The molecule has 1 heterocycles. The molecule has 0 saturated carbocycles. The van der Waals surface area contributed by atoms with Crippen LogP contribution in [0.25, 0.3) is 0 Å². The van der Waals surface area contributed by atoms with E-state index >= 15 is 0 Å². The van der Waals surface area contributed by atoms with Gasteiger partial charge in [-0.05, 0) is 6.42 Å². The Kier molecular flexibility index (Phi) is 3.32. The molecule has 13 heavy (non-hydrogen) atoms. The van der Waals surface area contributed by atoms with Crippen LogP contribution in [0.5, 0.6) is 5.88 Å². The lowest BCUT2D eigenvalue weighted by Gasteiger charge is -2.00. The highest BCUT2D eigenvalue weighted by Crippen LogP contribution is 2.11. The number of rotatable bonds is 4. The zero-order chi connectivity index (χ0) is 9.68. The standard InChI is InChI=1S/C9H13N3O/c1-2-3-4-5-12-9(13)6-8(7-10)11-12/h6,13H,2-5H2,1H3. The first-order chi connectivity index (χ1) is 6.27. The second-order valence-corrected chi connectivity index (χ2v) is 2.93. The minimum Gasteiger partial charge on any atom is -0.493 e. The number of aromatic hydroxyl groups is 1. The summed E-state index contributed by atoms with van der Waals surface area (Å²) in [6, 6.07) is 3.27. The third-order valence-electron chi connectivity index (χ3n) is 1.85. The van der Waals surface area contributed by atoms with Crippen molar-refractivity contribution < 1.29 is 5.11 Å². The van der Waals surface area contributed by atoms with Gasteiger partial charge >= 0.3 is 0 Å². The van der Waals surface area contributed by atoms with Gasteiger partial charge in [-0.1, -0.05) is 19.8 Å². The van der Waals surface area contributed by atoms with Gasteiger partial charge in [0.25, 0.3) is 0 Å². The van der Waals surface area contributed by atoms with Crippen molar-refractivity contribution in [3.8, 4) is 11.9 Å². The predicted molar refractivity (Wildman–Crippen MR) is 48.1 cm³/mol. The summed E-state index contributed by atoms with van der Waals surface area (Å²) in [6.45, 7) is 2.80. The smallest absolute Gasteiger partial charge is 0.210 e. The molecule has 0 fully saturated rings. The van der Waals surface area contributed by atoms with Crippen LogP contribution in [-0.2, 0) is 6.54 Å². The second kappa shape index (κ2) is 4.51. The maximum Gasteiger partial charge on any atom is 0.210 e. The van der Waals surface area contributed by atoms with Crippen LogP contribution >= 0.6 is 0 Å². The van der Waals surface area contributed by atoms with Crippen molar-refractivity contribution in [1.82, 2.24) is 9.78 Å². The number of aryl methyl sites for hydroxylation is 1. The summed E-state index contributed by atoms with van der Waals surface area (Å²) in [7, 11) is 0. The van der Waals surface area contributed by atoms with E-state index in [1.807, 2.05) is 6.07 Å². The van der Waals surface area contributed by atoms with Gasteiger partial charge in [-0.25, -0.2) is 4.68 Å². The van der Waals surface area contributed by atoms with E-state index in [1.54, 1.807) is 0 Å². The molecule has 4 heteroatoms. The van der Waals surface area contributed by atoms with Crippen molar-refractivity contribution in [2.75, 3.05) is 0 Å². The van der Waals surface area contributed by atoms with Crippen molar-refractivity contribution in [1.29, 1.82) is 5.26 Å². The van der Waals surface area contributed by atoms with Gasteiger partial charge in [0.15, 0.2) is 5.69 Å². The number of hydrogen-bond acceptors (Lipinski definition) is 3. The Labute approximate surface area is 77.4 Å². The average Bonchev–Trinajstić information content (AvgIpc) is 2.48. The van der Waals surface area contributed by atoms with Crippen LogP contribution in [0.2, 0.25) is 0 Å². The van der Waals surface area contributed by atoms with Crippen molar-refractivity contribution in [3.05, 3.63) is 11.8 Å². The lowest BCUT2D eigenvalue weighted by atomic mass is 10.2. The highest BCUT2D eigenvalue weighted by atomic mass is 16.3. The predicted octanol–water partition coefficient (Wildman–Crippen LogP) is 1.65. The highest BCUT2D eigenvalue weighted by molar-refractivity contribution is 5.24. The van der Waals surface area contributed by atoms with Crippen LogP contribution < -0.4 is 0 Å². The van der Waals surface area contributed by atoms with E-state index < -0.39 is 0 Å². The Balaban J connectivity index is 2.56. The number of unbranched alkanes of at least 4 members (excludes halogenated alkanes) is 2. The number of nitrogens with zero attached hydrogens (tertiary/aromatic N) is 3. The Morgan fingerprint density at radius 2 is 2.38 bits per heavy atom. The third kappa shape index (κ3) is 2.48. The molecular formula is C9H13N3O. The highest BCUT2D eigenvalue weighted by Gasteiger charge is 2.04. The van der Waals surface area contributed by atoms with Crippen LogP contribution in [0.3, 0.4) is 0 Å². The monoisotopic (exact) mass is 179 g/mol. The lowest BCUT2D eigenvalue weighted by Crippen LogP contribution is -1.99. The zero-order valence-electron chi connectivity index (χ0n) is 7.69. The fourth-order valence-electron chi connectivity index (χ4n) is 1.14. The first kappa shape index (κ1) is 9.59. The van der Waals surface area contributed by atoms with E-state index in [9.17, 15) is 5.11 Å². The van der Waals surface area contributed by atoms with Gasteiger partial charge in [0, 0.05) is 12.6 Å². The van der Waals surface area contributed by atoms with Crippen LogP contribution in [0.4, 0.5) is 0 Å². The number of nitriles is 1. The van der Waals surface area contributed by atoms with Crippen LogP contribution in [0.1, 0.15) is 31.9 Å². The maximum absolute atomic E-state index is 9.31. The van der Waals surface area contributed by atoms with Crippen molar-refractivity contribution in [2.45, 2.75) is 32.7 Å². The molecule has 0 spiro atoms. The van der Waals surface area contributed by atoms with E-state index in [0.717, 1.165) is 19.3 Å². The molecule has 0 aliphatic carbocycles. The molecule has 0 unspecified atom stereocenters. The molecule has 0 aliphatic rings. The summed E-state index contributed by atoms with van der Waals surface area (Å²) in [5.74, 6) is 0.0765. The van der Waals surface area contributed by atoms with Gasteiger partial charge < -0.3 is 5.11 Å². The van der Waals surface area contributed by atoms with Crippen molar-refractivity contribution in [2.24, 2.45) is 0 Å². The largest absolute Gasteiger partial charge is 0.493 e. The van der Waals surface area contributed by atoms with Gasteiger partial charge in [-0.3, -0.25) is 0 Å². The molecule has 0 radical (unpaired) electrons. The van der Waals surface area contributed by atoms with Crippen molar-refractivity contribution >= 4 is 0 Å². The summed E-state index contributed by atoms with van der Waals surface area (Å²) in [5.41, 5.74) is 0.272. The summed E-state index contributed by atoms with van der Waals surface area (Å²) in [5, 5.41) is 21.7. The Bertz CT molecular complexity index is 311. The summed E-state index contributed by atoms with van der Waals surface area (Å²) < 4.78 is 1.47. The lowest BCUT2D eigenvalue weighted by molar-refractivity contribution is 0.391. The van der Waals surface area contributed by atoms with Gasteiger partial charge in [0.1, 0.15) is 6.07 Å². The van der Waals surface area contributed by atoms with Crippen LogP contribution in [0.15, 0.2) is 6.07 Å². The maximum atomic E-state index is 9.31. The third-order valence-corrected chi connectivity index (χ3v) is 1.85. The fraction of sp³-hybridized carbons (Fsp3) is 0.556. The summed E-state index contributed by atoms with van der Waals surface area (Å²) in [6.07, 6.45) is 3.23. The zero-order valence-corrected chi connectivity index (χ0v) is 7.69. The molecule has 0 saturated heterocycles. The first-order valence-electron chi connectivity index (χ1n) is 4.45. The molecule has 0 atom stereocenters. The van der Waals surface area contributed by atoms with Crippen molar-refractivity contribution in [3.63, 3.8) is 0 Å². The quantitative estimate of drug-likeness (QED) is 0.715. The molecule has 0 aliphatic heterocycles. The van der Waals surface area contributed by atoms with Crippen LogP contribution in [0, 0.1) is 11.3 Å². The van der Waals surface area contributed by atoms with E-state index in [0.29, 0.717) is 6.54 Å². The average molecular weight is 179 g/mol. The minimum absolute atomic E-state index is 0.0765. The van der Waals surface area contributed by atoms with Gasteiger partial charge in [0.05, 0.1) is 0 Å². The molecule has 1 aromatic rings. The van der Waals surface area contributed by atoms with E-state index in [2.05, 4.69) is 12.0 Å². The molecule has 1 aromatic heterocycles. The molecule has 1 N–H and O–H groups in total. The SMILES string of the molecule is CCCCCn1nc(C#N)cc1O.